The Balaban J connectivity index is 0.000000303. The maximum Gasteiger partial charge on any atom is 0.490 e. The van der Waals surface area contributed by atoms with Gasteiger partial charge in [0, 0.05) is 50.3 Å². The third-order valence-corrected chi connectivity index (χ3v) is 6.44. The van der Waals surface area contributed by atoms with Gasteiger partial charge in [-0.25, -0.2) is 14.0 Å². The molecule has 2 aliphatic heterocycles. The smallest absolute Gasteiger partial charge is 0.475 e. The Morgan fingerprint density at radius 3 is 1.98 bits per heavy atom. The molecule has 1 spiro atoms. The molecular weight excluding hydrogens is 593 g/mol. The zero-order valence-electron chi connectivity index (χ0n) is 21.9. The van der Waals surface area contributed by atoms with Gasteiger partial charge < -0.3 is 20.0 Å². The lowest BCUT2D eigenvalue weighted by Gasteiger charge is -2.26. The predicted octanol–water partition coefficient (Wildman–Crippen LogP) is 4.69. The molecule has 43 heavy (non-hydrogen) atoms. The molecule has 1 amide bonds. The number of amides is 1. The summed E-state index contributed by atoms with van der Waals surface area (Å²) in [5.41, 5.74) is 3.70. The van der Waals surface area contributed by atoms with E-state index in [9.17, 15) is 35.5 Å². The first kappa shape index (κ1) is 32.8. The Bertz CT molecular complexity index is 1410. The molecule has 0 radical (unpaired) electrons. The summed E-state index contributed by atoms with van der Waals surface area (Å²) in [4.78, 5) is 43.9. The van der Waals surface area contributed by atoms with Gasteiger partial charge in [0.2, 0.25) is 0 Å². The molecule has 1 saturated heterocycles. The SMILES string of the molecule is O=C(O)C(F)(F)F.O=C(O)C(F)(F)F.O=C(c1ccc(F)cc1)N1CCC2(C1)CN(Cc1cccnc1)c1cccnc12. The highest BCUT2D eigenvalue weighted by atomic mass is 19.4. The molecule has 230 valence electrons. The number of hydrogen-bond donors (Lipinski definition) is 2. The second kappa shape index (κ2) is 13.0. The van der Waals surface area contributed by atoms with Gasteiger partial charge in [-0.1, -0.05) is 6.07 Å². The third kappa shape index (κ3) is 8.39. The second-order valence-corrected chi connectivity index (χ2v) is 9.46. The highest BCUT2D eigenvalue weighted by Gasteiger charge is 2.49. The molecule has 0 bridgehead atoms. The fraction of sp³-hybridized carbons (Fsp3) is 0.296. The van der Waals surface area contributed by atoms with E-state index in [4.69, 9.17) is 24.8 Å². The minimum absolute atomic E-state index is 0.0509. The van der Waals surface area contributed by atoms with E-state index in [0.717, 1.165) is 36.5 Å². The summed E-state index contributed by atoms with van der Waals surface area (Å²) in [6.07, 6.45) is -3.80. The van der Waals surface area contributed by atoms with E-state index in [1.54, 1.807) is 18.3 Å². The van der Waals surface area contributed by atoms with Crippen molar-refractivity contribution >= 4 is 23.5 Å². The summed E-state index contributed by atoms with van der Waals surface area (Å²) >= 11 is 0. The molecule has 1 atom stereocenters. The number of alkyl halides is 6. The van der Waals surface area contributed by atoms with Crippen molar-refractivity contribution in [3.05, 3.63) is 89.8 Å². The van der Waals surface area contributed by atoms with Crippen LogP contribution in [0.5, 0.6) is 0 Å². The average Bonchev–Trinajstić information content (AvgIpc) is 3.50. The number of fused-ring (bicyclic) bond motifs is 2. The van der Waals surface area contributed by atoms with Crippen molar-refractivity contribution in [2.45, 2.75) is 30.7 Å². The third-order valence-electron chi connectivity index (χ3n) is 6.44. The van der Waals surface area contributed by atoms with E-state index in [0.29, 0.717) is 18.7 Å². The molecular formula is C27H23F7N4O5. The van der Waals surface area contributed by atoms with Gasteiger partial charge in [0.25, 0.3) is 5.91 Å². The van der Waals surface area contributed by atoms with Crippen LogP contribution in [-0.4, -0.2) is 74.9 Å². The number of carbonyl (C=O) groups excluding carboxylic acids is 1. The van der Waals surface area contributed by atoms with Gasteiger partial charge in [0.15, 0.2) is 0 Å². The van der Waals surface area contributed by atoms with E-state index >= 15 is 0 Å². The number of aliphatic carboxylic acids is 2. The average molecular weight is 616 g/mol. The summed E-state index contributed by atoms with van der Waals surface area (Å²) in [5, 5.41) is 14.2. The topological polar surface area (TPSA) is 124 Å². The van der Waals surface area contributed by atoms with Crippen LogP contribution >= 0.6 is 0 Å². The van der Waals surface area contributed by atoms with Gasteiger partial charge in [0.1, 0.15) is 5.82 Å². The molecule has 1 fully saturated rings. The molecule has 9 nitrogen and oxygen atoms in total. The quantitative estimate of drug-likeness (QED) is 0.407. The number of rotatable bonds is 3. The number of carbonyl (C=O) groups is 3. The van der Waals surface area contributed by atoms with Gasteiger partial charge in [-0.05, 0) is 54.4 Å². The van der Waals surface area contributed by atoms with Crippen LogP contribution in [0, 0.1) is 5.82 Å². The van der Waals surface area contributed by atoms with Crippen LogP contribution in [0.3, 0.4) is 0 Å². The fourth-order valence-corrected chi connectivity index (χ4v) is 4.58. The van der Waals surface area contributed by atoms with Crippen molar-refractivity contribution in [1.82, 2.24) is 14.9 Å². The first-order valence-electron chi connectivity index (χ1n) is 12.3. The molecule has 4 heterocycles. The van der Waals surface area contributed by atoms with Crippen LogP contribution in [0.25, 0.3) is 0 Å². The minimum Gasteiger partial charge on any atom is -0.475 e. The number of nitrogens with zero attached hydrogens (tertiary/aromatic N) is 4. The largest absolute Gasteiger partial charge is 0.490 e. The number of pyridine rings is 2. The number of anilines is 1. The highest BCUT2D eigenvalue weighted by Crippen LogP contribution is 2.45. The van der Waals surface area contributed by atoms with Gasteiger partial charge >= 0.3 is 24.3 Å². The molecule has 2 aromatic heterocycles. The number of halogens is 7. The standard InChI is InChI=1S/C23H21FN4O.2C2HF3O2/c24-19-7-5-18(6-8-19)22(29)27-12-9-23(15-27)16-28(14-17-3-1-10-25-13-17)20-4-2-11-26-21(20)23;2*3-2(4,5)1(6)7/h1-8,10-11,13H,9,12,14-16H2;2*(H,6,7). The zero-order chi connectivity index (χ0) is 32.0. The summed E-state index contributed by atoms with van der Waals surface area (Å²) < 4.78 is 76.7. The van der Waals surface area contributed by atoms with Gasteiger partial charge in [0.05, 0.1) is 16.8 Å². The zero-order valence-corrected chi connectivity index (χ0v) is 21.9. The normalized spacial score (nSPS) is 17.4. The molecule has 2 N–H and O–H groups in total. The first-order chi connectivity index (χ1) is 20.0. The summed E-state index contributed by atoms with van der Waals surface area (Å²) in [5.74, 6) is -5.90. The molecule has 16 heteroatoms. The summed E-state index contributed by atoms with van der Waals surface area (Å²) in [7, 11) is 0. The number of aromatic nitrogens is 2. The van der Waals surface area contributed by atoms with Crippen LogP contribution < -0.4 is 4.90 Å². The number of carboxylic acids is 2. The van der Waals surface area contributed by atoms with Crippen LogP contribution in [0.2, 0.25) is 0 Å². The molecule has 3 aromatic rings. The van der Waals surface area contributed by atoms with Crippen molar-refractivity contribution < 1.29 is 55.3 Å². The van der Waals surface area contributed by atoms with Crippen LogP contribution in [0.1, 0.15) is 28.0 Å². The van der Waals surface area contributed by atoms with Gasteiger partial charge in [-0.2, -0.15) is 26.3 Å². The van der Waals surface area contributed by atoms with Gasteiger partial charge in [-0.3, -0.25) is 14.8 Å². The van der Waals surface area contributed by atoms with Crippen LogP contribution in [-0.2, 0) is 21.5 Å². The highest BCUT2D eigenvalue weighted by molar-refractivity contribution is 5.94. The van der Waals surface area contributed by atoms with E-state index in [1.807, 2.05) is 29.4 Å². The Hall–Kier alpha value is -4.76. The molecule has 0 saturated carbocycles. The summed E-state index contributed by atoms with van der Waals surface area (Å²) in [6, 6.07) is 13.9. The Morgan fingerprint density at radius 2 is 1.44 bits per heavy atom. The van der Waals surface area contributed by atoms with Crippen molar-refractivity contribution in [3.63, 3.8) is 0 Å². The summed E-state index contributed by atoms with van der Waals surface area (Å²) in [6.45, 7) is 2.88. The molecule has 1 unspecified atom stereocenters. The molecule has 2 aliphatic rings. The predicted molar refractivity (Wildman–Crippen MR) is 136 cm³/mol. The van der Waals surface area contributed by atoms with Crippen LogP contribution in [0.15, 0.2) is 67.1 Å². The van der Waals surface area contributed by atoms with Crippen molar-refractivity contribution in [1.29, 1.82) is 0 Å². The second-order valence-electron chi connectivity index (χ2n) is 9.46. The van der Waals surface area contributed by atoms with Crippen molar-refractivity contribution in [2.24, 2.45) is 0 Å². The maximum absolute atomic E-state index is 13.2. The van der Waals surface area contributed by atoms with Gasteiger partial charge in [-0.15, -0.1) is 0 Å². The molecule has 0 aliphatic carbocycles. The van der Waals surface area contributed by atoms with Crippen LogP contribution in [0.4, 0.5) is 36.4 Å². The monoisotopic (exact) mass is 616 g/mol. The lowest BCUT2D eigenvalue weighted by atomic mass is 9.85. The number of benzene rings is 1. The van der Waals surface area contributed by atoms with Crippen molar-refractivity contribution in [3.8, 4) is 0 Å². The number of hydrogen-bond acceptors (Lipinski definition) is 6. The Labute approximate surface area is 239 Å². The molecule has 5 rings (SSSR count). The lowest BCUT2D eigenvalue weighted by molar-refractivity contribution is -0.193. The van der Waals surface area contributed by atoms with Crippen molar-refractivity contribution in [2.75, 3.05) is 24.5 Å². The maximum atomic E-state index is 13.2. The van der Waals surface area contributed by atoms with E-state index in [1.165, 1.54) is 12.1 Å². The number of likely N-dealkylation sites (tertiary alicyclic amines) is 1. The van der Waals surface area contributed by atoms with E-state index in [2.05, 4.69) is 22.0 Å². The fourth-order valence-electron chi connectivity index (χ4n) is 4.58. The first-order valence-corrected chi connectivity index (χ1v) is 12.3. The minimum atomic E-state index is -5.08. The van der Waals surface area contributed by atoms with E-state index < -0.39 is 24.3 Å². The lowest BCUT2D eigenvalue weighted by Crippen LogP contribution is -2.38. The Kier molecular flexibility index (Phi) is 9.93. The number of carboxylic acid groups (broad SMARTS) is 2. The molecule has 1 aromatic carbocycles. The Morgan fingerprint density at radius 1 is 0.860 bits per heavy atom. The van der Waals surface area contributed by atoms with E-state index in [-0.39, 0.29) is 17.1 Å².